The molecule has 2 aromatic rings. The van der Waals surface area contributed by atoms with Gasteiger partial charge in [-0.25, -0.2) is 0 Å². The summed E-state index contributed by atoms with van der Waals surface area (Å²) in [5, 5.41) is 3.38. The number of ether oxygens (including phenoxy) is 3. The highest BCUT2D eigenvalue weighted by Gasteiger charge is 2.05. The van der Waals surface area contributed by atoms with E-state index in [4.69, 9.17) is 25.8 Å². The number of halogens is 1. The van der Waals surface area contributed by atoms with Crippen LogP contribution < -0.4 is 19.5 Å². The van der Waals surface area contributed by atoms with Crippen molar-refractivity contribution in [3.63, 3.8) is 0 Å². The first-order valence-corrected chi connectivity index (χ1v) is 7.89. The van der Waals surface area contributed by atoms with Gasteiger partial charge in [0.1, 0.15) is 23.9 Å². The van der Waals surface area contributed by atoms with E-state index < -0.39 is 0 Å². The van der Waals surface area contributed by atoms with Crippen LogP contribution in [0.1, 0.15) is 5.56 Å². The van der Waals surface area contributed by atoms with Crippen LogP contribution in [-0.4, -0.2) is 32.8 Å². The Bertz CT molecular complexity index is 673. The Hall–Kier alpha value is -2.40. The van der Waals surface area contributed by atoms with E-state index in [0.717, 1.165) is 17.1 Å². The fraction of sp³-hybridized carbons (Fsp3) is 0.278. The van der Waals surface area contributed by atoms with Crippen molar-refractivity contribution < 1.29 is 19.0 Å². The molecule has 0 aliphatic carbocycles. The molecule has 6 heteroatoms. The van der Waals surface area contributed by atoms with Gasteiger partial charge in [-0.15, -0.1) is 0 Å². The van der Waals surface area contributed by atoms with Gasteiger partial charge in [0.2, 0.25) is 0 Å². The molecule has 5 nitrogen and oxygen atoms in total. The molecule has 1 amide bonds. The second-order valence-electron chi connectivity index (χ2n) is 5.07. The van der Waals surface area contributed by atoms with Crippen LogP contribution in [0.4, 0.5) is 0 Å². The lowest BCUT2D eigenvalue weighted by molar-refractivity contribution is -0.123. The number of hydrogen-bond donors (Lipinski definition) is 1. The molecular formula is C18H20ClNO4. The van der Waals surface area contributed by atoms with Crippen molar-refractivity contribution in [1.82, 2.24) is 5.32 Å². The van der Waals surface area contributed by atoms with Crippen molar-refractivity contribution in [3.05, 3.63) is 53.1 Å². The van der Waals surface area contributed by atoms with Gasteiger partial charge >= 0.3 is 0 Å². The van der Waals surface area contributed by atoms with E-state index in [2.05, 4.69) is 5.32 Å². The molecule has 2 rings (SSSR count). The maximum atomic E-state index is 11.8. The van der Waals surface area contributed by atoms with Crippen LogP contribution in [0.15, 0.2) is 42.5 Å². The fourth-order valence-electron chi connectivity index (χ4n) is 2.00. The smallest absolute Gasteiger partial charge is 0.258 e. The Morgan fingerprint density at radius 1 is 1.08 bits per heavy atom. The number of aryl methyl sites for hydroxylation is 1. The molecule has 24 heavy (non-hydrogen) atoms. The van der Waals surface area contributed by atoms with E-state index in [9.17, 15) is 4.79 Å². The summed E-state index contributed by atoms with van der Waals surface area (Å²) in [6, 6.07) is 12.5. The number of rotatable bonds is 8. The molecule has 0 spiro atoms. The van der Waals surface area contributed by atoms with Crippen LogP contribution >= 0.6 is 11.6 Å². The third-order valence-corrected chi connectivity index (χ3v) is 3.48. The largest absolute Gasteiger partial charge is 0.497 e. The first kappa shape index (κ1) is 17.9. The molecule has 128 valence electrons. The number of nitrogens with one attached hydrogen (secondary N) is 1. The van der Waals surface area contributed by atoms with Gasteiger partial charge in [-0.05, 0) is 55.0 Å². The van der Waals surface area contributed by atoms with Gasteiger partial charge in [0, 0.05) is 5.02 Å². The molecule has 2 aromatic carbocycles. The van der Waals surface area contributed by atoms with Crippen LogP contribution in [-0.2, 0) is 4.79 Å². The minimum atomic E-state index is -0.206. The van der Waals surface area contributed by atoms with Crippen molar-refractivity contribution in [2.75, 3.05) is 26.9 Å². The molecular weight excluding hydrogens is 330 g/mol. The number of carbonyl (C=O) groups is 1. The first-order valence-electron chi connectivity index (χ1n) is 7.51. The monoisotopic (exact) mass is 349 g/mol. The molecule has 0 aliphatic heterocycles. The average Bonchev–Trinajstić information content (AvgIpc) is 2.58. The lowest BCUT2D eigenvalue weighted by Crippen LogP contribution is -2.32. The van der Waals surface area contributed by atoms with Crippen molar-refractivity contribution in [1.29, 1.82) is 0 Å². The minimum absolute atomic E-state index is 0.0506. The fourth-order valence-corrected chi connectivity index (χ4v) is 2.23. The molecule has 0 bridgehead atoms. The number of benzene rings is 2. The Labute approximate surface area is 146 Å². The molecule has 0 fully saturated rings. The quantitative estimate of drug-likeness (QED) is 0.743. The molecule has 0 aromatic heterocycles. The molecule has 0 heterocycles. The Balaban J connectivity index is 1.65. The summed E-state index contributed by atoms with van der Waals surface area (Å²) in [6.07, 6.45) is 0. The number of carbonyl (C=O) groups excluding carboxylic acids is 1. The van der Waals surface area contributed by atoms with Gasteiger partial charge in [-0.1, -0.05) is 11.6 Å². The predicted octanol–water partition coefficient (Wildman–Crippen LogP) is 3.23. The van der Waals surface area contributed by atoms with E-state index in [1.165, 1.54) is 0 Å². The molecule has 0 saturated carbocycles. The van der Waals surface area contributed by atoms with E-state index in [1.807, 2.05) is 31.2 Å². The highest BCUT2D eigenvalue weighted by atomic mass is 35.5. The average molecular weight is 350 g/mol. The predicted molar refractivity (Wildman–Crippen MR) is 93.2 cm³/mol. The number of methoxy groups -OCH3 is 1. The normalized spacial score (nSPS) is 10.1. The number of amides is 1. The van der Waals surface area contributed by atoms with Gasteiger partial charge in [0.15, 0.2) is 6.61 Å². The number of hydrogen-bond acceptors (Lipinski definition) is 4. The lowest BCUT2D eigenvalue weighted by Gasteiger charge is -2.10. The van der Waals surface area contributed by atoms with Gasteiger partial charge in [0.25, 0.3) is 5.91 Å². The van der Waals surface area contributed by atoms with E-state index in [1.54, 1.807) is 25.3 Å². The summed E-state index contributed by atoms with van der Waals surface area (Å²) in [5.41, 5.74) is 0.887. The van der Waals surface area contributed by atoms with Gasteiger partial charge in [-0.3, -0.25) is 4.79 Å². The van der Waals surface area contributed by atoms with Crippen LogP contribution in [0.5, 0.6) is 17.2 Å². The van der Waals surface area contributed by atoms with Gasteiger partial charge in [-0.2, -0.15) is 0 Å². The zero-order chi connectivity index (χ0) is 17.4. The summed E-state index contributed by atoms with van der Waals surface area (Å²) < 4.78 is 16.1. The van der Waals surface area contributed by atoms with Gasteiger partial charge < -0.3 is 19.5 Å². The molecule has 1 N–H and O–H groups in total. The van der Waals surface area contributed by atoms with Crippen LogP contribution in [0, 0.1) is 6.92 Å². The summed E-state index contributed by atoms with van der Waals surface area (Å²) in [6.45, 7) is 2.60. The van der Waals surface area contributed by atoms with Crippen LogP contribution in [0.25, 0.3) is 0 Å². The summed E-state index contributed by atoms with van der Waals surface area (Å²) >= 11 is 5.88. The van der Waals surface area contributed by atoms with Crippen molar-refractivity contribution in [2.45, 2.75) is 6.92 Å². The molecule has 0 unspecified atom stereocenters. The van der Waals surface area contributed by atoms with E-state index in [-0.39, 0.29) is 12.5 Å². The highest BCUT2D eigenvalue weighted by Crippen LogP contribution is 2.21. The zero-order valence-corrected chi connectivity index (χ0v) is 14.4. The van der Waals surface area contributed by atoms with Crippen LogP contribution in [0.3, 0.4) is 0 Å². The topological polar surface area (TPSA) is 56.8 Å². The molecule has 0 radical (unpaired) electrons. The van der Waals surface area contributed by atoms with Crippen molar-refractivity contribution in [2.24, 2.45) is 0 Å². The SMILES string of the molecule is COc1ccc(OCCNC(=O)COc2ccc(Cl)cc2C)cc1. The molecule has 0 atom stereocenters. The van der Waals surface area contributed by atoms with Crippen LogP contribution in [0.2, 0.25) is 5.02 Å². The minimum Gasteiger partial charge on any atom is -0.497 e. The first-order chi connectivity index (χ1) is 11.6. The third-order valence-electron chi connectivity index (χ3n) is 3.25. The second-order valence-corrected chi connectivity index (χ2v) is 5.51. The van der Waals surface area contributed by atoms with Gasteiger partial charge in [0.05, 0.1) is 13.7 Å². The van der Waals surface area contributed by atoms with Crippen molar-refractivity contribution in [3.8, 4) is 17.2 Å². The molecule has 0 aliphatic rings. The van der Waals surface area contributed by atoms with E-state index in [0.29, 0.717) is 23.9 Å². The maximum Gasteiger partial charge on any atom is 0.258 e. The summed E-state index contributed by atoms with van der Waals surface area (Å²) in [4.78, 5) is 11.8. The Kier molecular flexibility index (Phi) is 6.75. The molecule has 0 saturated heterocycles. The lowest BCUT2D eigenvalue weighted by atomic mass is 10.2. The van der Waals surface area contributed by atoms with E-state index >= 15 is 0 Å². The Morgan fingerprint density at radius 3 is 2.46 bits per heavy atom. The second kappa shape index (κ2) is 9.03. The summed E-state index contributed by atoms with van der Waals surface area (Å²) in [5.74, 6) is 1.93. The third kappa shape index (κ3) is 5.66. The highest BCUT2D eigenvalue weighted by molar-refractivity contribution is 6.30. The van der Waals surface area contributed by atoms with Crippen molar-refractivity contribution >= 4 is 17.5 Å². The summed E-state index contributed by atoms with van der Waals surface area (Å²) in [7, 11) is 1.61. The Morgan fingerprint density at radius 2 is 1.79 bits per heavy atom. The zero-order valence-electron chi connectivity index (χ0n) is 13.7. The maximum absolute atomic E-state index is 11.8. The standard InChI is InChI=1S/C18H20ClNO4/c1-13-11-14(19)3-8-17(13)24-12-18(21)20-9-10-23-16-6-4-15(22-2)5-7-16/h3-8,11H,9-10,12H2,1-2H3,(H,20,21).